The van der Waals surface area contributed by atoms with Gasteiger partial charge >= 0.3 is 0 Å². The molecule has 0 spiro atoms. The number of anilines is 1. The van der Waals surface area contributed by atoms with Crippen molar-refractivity contribution < 1.29 is 9.59 Å². The van der Waals surface area contributed by atoms with Crippen molar-refractivity contribution in [2.75, 3.05) is 24.5 Å². The van der Waals surface area contributed by atoms with Crippen LogP contribution in [0.4, 0.5) is 5.69 Å². The monoisotopic (exact) mass is 401 g/mol. The van der Waals surface area contributed by atoms with Crippen LogP contribution in [-0.2, 0) is 9.59 Å². The molecule has 2 atom stereocenters. The zero-order valence-electron chi connectivity index (χ0n) is 12.8. The molecular weight excluding hydrogens is 382 g/mol. The Hall–Kier alpha value is -1.11. The first-order valence-corrected chi connectivity index (χ1v) is 8.52. The van der Waals surface area contributed by atoms with E-state index >= 15 is 0 Å². The van der Waals surface area contributed by atoms with Crippen LogP contribution in [0.25, 0.3) is 0 Å². The second kappa shape index (κ2) is 8.13. The number of rotatable bonds is 4. The molecule has 2 unspecified atom stereocenters. The molecule has 1 aromatic carbocycles. The zero-order chi connectivity index (χ0) is 15.5. The van der Waals surface area contributed by atoms with Gasteiger partial charge in [-0.2, -0.15) is 0 Å². The average Bonchev–Trinajstić information content (AvgIpc) is 3.14. The third-order valence-corrected chi connectivity index (χ3v) is 4.82. The smallest absolute Gasteiger partial charge is 0.239 e. The highest BCUT2D eigenvalue weighted by Crippen LogP contribution is 2.27. The van der Waals surface area contributed by atoms with Crippen LogP contribution >= 0.6 is 28.3 Å². The molecule has 0 radical (unpaired) electrons. The van der Waals surface area contributed by atoms with E-state index in [0.29, 0.717) is 25.6 Å². The lowest BCUT2D eigenvalue weighted by atomic mass is 10.1. The molecule has 0 aromatic heterocycles. The average molecular weight is 403 g/mol. The molecule has 2 saturated heterocycles. The predicted molar refractivity (Wildman–Crippen MR) is 95.9 cm³/mol. The summed E-state index contributed by atoms with van der Waals surface area (Å²) in [5, 5.41) is 6.26. The summed E-state index contributed by atoms with van der Waals surface area (Å²) < 4.78 is 0.929. The van der Waals surface area contributed by atoms with Crippen molar-refractivity contribution in [2.45, 2.75) is 25.3 Å². The number of carbonyl (C=O) groups excluding carboxylic acids is 2. The largest absolute Gasteiger partial charge is 0.354 e. The molecule has 2 amide bonds. The molecule has 0 bridgehead atoms. The van der Waals surface area contributed by atoms with E-state index in [4.69, 9.17) is 0 Å². The molecule has 0 saturated carbocycles. The van der Waals surface area contributed by atoms with Gasteiger partial charge in [0.2, 0.25) is 11.8 Å². The van der Waals surface area contributed by atoms with Gasteiger partial charge in [-0.3, -0.25) is 9.59 Å². The van der Waals surface area contributed by atoms with Crippen LogP contribution in [0.3, 0.4) is 0 Å². The highest BCUT2D eigenvalue weighted by Gasteiger charge is 2.37. The van der Waals surface area contributed by atoms with Gasteiger partial charge in [0.25, 0.3) is 0 Å². The predicted octanol–water partition coefficient (Wildman–Crippen LogP) is 2.09. The molecule has 2 heterocycles. The molecule has 2 aliphatic rings. The van der Waals surface area contributed by atoms with Gasteiger partial charge in [0.15, 0.2) is 0 Å². The summed E-state index contributed by atoms with van der Waals surface area (Å²) in [6.07, 6.45) is 2.82. The Morgan fingerprint density at radius 1 is 1.39 bits per heavy atom. The summed E-state index contributed by atoms with van der Waals surface area (Å²) in [6.45, 7) is 2.22. The zero-order valence-corrected chi connectivity index (χ0v) is 15.2. The second-order valence-electron chi connectivity index (χ2n) is 5.85. The van der Waals surface area contributed by atoms with Crippen molar-refractivity contribution in [1.82, 2.24) is 10.6 Å². The van der Waals surface area contributed by atoms with Crippen LogP contribution < -0.4 is 15.5 Å². The van der Waals surface area contributed by atoms with E-state index in [-0.39, 0.29) is 24.2 Å². The summed E-state index contributed by atoms with van der Waals surface area (Å²) in [6, 6.07) is 7.96. The Morgan fingerprint density at radius 3 is 2.91 bits per heavy atom. The van der Waals surface area contributed by atoms with Crippen molar-refractivity contribution in [3.05, 3.63) is 28.7 Å². The molecule has 2 fully saturated rings. The van der Waals surface area contributed by atoms with Crippen LogP contribution in [0.2, 0.25) is 0 Å². The van der Waals surface area contributed by atoms with Crippen molar-refractivity contribution >= 4 is 45.8 Å². The summed E-state index contributed by atoms with van der Waals surface area (Å²) in [4.78, 5) is 26.4. The van der Waals surface area contributed by atoms with Gasteiger partial charge in [-0.05, 0) is 44.0 Å². The van der Waals surface area contributed by atoms with Gasteiger partial charge in [-0.1, -0.05) is 22.0 Å². The van der Waals surface area contributed by atoms with E-state index in [0.717, 1.165) is 29.5 Å². The Labute approximate surface area is 150 Å². The van der Waals surface area contributed by atoms with Crippen molar-refractivity contribution in [2.24, 2.45) is 5.92 Å². The standard InChI is InChI=1S/C16H20BrN3O2.ClH/c17-11-3-1-5-13(9-11)20-8-6-14(16(20)22)15(21)19-10-12-4-2-7-18-12;/h1,3,5,9,12,14,18H,2,4,6-8,10H2,(H,19,21);1H. The van der Waals surface area contributed by atoms with Gasteiger partial charge in [0, 0.05) is 29.3 Å². The Bertz CT molecular complexity index is 578. The minimum atomic E-state index is -0.555. The number of hydrogen-bond donors (Lipinski definition) is 2. The van der Waals surface area contributed by atoms with Crippen LogP contribution in [0.1, 0.15) is 19.3 Å². The number of benzene rings is 1. The quantitative estimate of drug-likeness (QED) is 0.758. The maximum atomic E-state index is 12.5. The van der Waals surface area contributed by atoms with Crippen molar-refractivity contribution in [3.63, 3.8) is 0 Å². The molecule has 3 rings (SSSR count). The third-order valence-electron chi connectivity index (χ3n) is 4.33. The first kappa shape index (κ1) is 18.2. The lowest BCUT2D eigenvalue weighted by Gasteiger charge is -2.17. The van der Waals surface area contributed by atoms with Crippen molar-refractivity contribution in [1.29, 1.82) is 0 Å². The number of carbonyl (C=O) groups is 2. The van der Waals surface area contributed by atoms with Crippen molar-refractivity contribution in [3.8, 4) is 0 Å². The van der Waals surface area contributed by atoms with Crippen LogP contribution in [0, 0.1) is 5.92 Å². The van der Waals surface area contributed by atoms with E-state index in [1.807, 2.05) is 24.3 Å². The molecule has 7 heteroatoms. The van der Waals surface area contributed by atoms with E-state index in [2.05, 4.69) is 26.6 Å². The lowest BCUT2D eigenvalue weighted by molar-refractivity contribution is -0.132. The fourth-order valence-corrected chi connectivity index (χ4v) is 3.49. The van der Waals surface area contributed by atoms with Gasteiger partial charge in [-0.15, -0.1) is 12.4 Å². The van der Waals surface area contributed by atoms with Crippen LogP contribution in [0.5, 0.6) is 0 Å². The number of nitrogens with zero attached hydrogens (tertiary/aromatic N) is 1. The van der Waals surface area contributed by atoms with Gasteiger partial charge in [0.1, 0.15) is 5.92 Å². The number of amides is 2. The van der Waals surface area contributed by atoms with E-state index in [1.165, 1.54) is 0 Å². The molecule has 1 aromatic rings. The SMILES string of the molecule is Cl.O=C(NCC1CCCN1)C1CCN(c2cccc(Br)c2)C1=O. The fraction of sp³-hybridized carbons (Fsp3) is 0.500. The normalized spacial score (nSPS) is 23.7. The third kappa shape index (κ3) is 4.25. The number of halogens is 2. The summed E-state index contributed by atoms with van der Waals surface area (Å²) in [5.74, 6) is -0.799. The minimum absolute atomic E-state index is 0. The first-order chi connectivity index (χ1) is 10.6. The minimum Gasteiger partial charge on any atom is -0.354 e. The molecule has 2 N–H and O–H groups in total. The van der Waals surface area contributed by atoms with Gasteiger partial charge in [-0.25, -0.2) is 0 Å². The van der Waals surface area contributed by atoms with E-state index in [9.17, 15) is 9.59 Å². The van der Waals surface area contributed by atoms with Gasteiger partial charge < -0.3 is 15.5 Å². The second-order valence-corrected chi connectivity index (χ2v) is 6.77. The first-order valence-electron chi connectivity index (χ1n) is 7.73. The summed E-state index contributed by atoms with van der Waals surface area (Å²) in [7, 11) is 0. The lowest BCUT2D eigenvalue weighted by Crippen LogP contribution is -2.42. The van der Waals surface area contributed by atoms with Gasteiger partial charge in [0.05, 0.1) is 0 Å². The molecule has 2 aliphatic heterocycles. The summed E-state index contributed by atoms with van der Waals surface area (Å²) >= 11 is 3.41. The highest BCUT2D eigenvalue weighted by molar-refractivity contribution is 9.10. The number of nitrogens with one attached hydrogen (secondary N) is 2. The van der Waals surface area contributed by atoms with Crippen LogP contribution in [-0.4, -0.2) is 37.5 Å². The molecule has 126 valence electrons. The molecule has 5 nitrogen and oxygen atoms in total. The summed E-state index contributed by atoms with van der Waals surface area (Å²) in [5.41, 5.74) is 0.840. The topological polar surface area (TPSA) is 61.4 Å². The number of hydrogen-bond acceptors (Lipinski definition) is 3. The highest BCUT2D eigenvalue weighted by atomic mass is 79.9. The molecule has 23 heavy (non-hydrogen) atoms. The maximum Gasteiger partial charge on any atom is 0.239 e. The molecule has 0 aliphatic carbocycles. The van der Waals surface area contributed by atoms with Crippen LogP contribution in [0.15, 0.2) is 28.7 Å². The maximum absolute atomic E-state index is 12.5. The van der Waals surface area contributed by atoms with E-state index in [1.54, 1.807) is 4.90 Å². The van der Waals surface area contributed by atoms with E-state index < -0.39 is 5.92 Å². The Kier molecular flexibility index (Phi) is 6.44. The fourth-order valence-electron chi connectivity index (χ4n) is 3.10. The molecular formula is C16H21BrClN3O2. The Morgan fingerprint density at radius 2 is 2.22 bits per heavy atom. The Balaban J connectivity index is 0.00000192.